The molecule has 1 heterocycles. The van der Waals surface area contributed by atoms with Crippen molar-refractivity contribution in [1.29, 1.82) is 0 Å². The number of carbonyl (C=O) groups excluding carboxylic acids is 1. The van der Waals surface area contributed by atoms with Crippen molar-refractivity contribution >= 4 is 22.2 Å². The fourth-order valence-corrected chi connectivity index (χ4v) is 3.18. The first-order chi connectivity index (χ1) is 14.6. The summed E-state index contributed by atoms with van der Waals surface area (Å²) in [7, 11) is 4.45. The van der Waals surface area contributed by atoms with Gasteiger partial charge in [-0.05, 0) is 42.1 Å². The minimum Gasteiger partial charge on any atom is -0.493 e. The van der Waals surface area contributed by atoms with Gasteiger partial charge in [0.05, 0.1) is 33.6 Å². The molecule has 1 aromatic heterocycles. The van der Waals surface area contributed by atoms with Gasteiger partial charge in [-0.3, -0.25) is 9.78 Å². The van der Waals surface area contributed by atoms with Crippen LogP contribution in [0.4, 0.5) is 5.69 Å². The van der Waals surface area contributed by atoms with Crippen LogP contribution in [0.1, 0.15) is 22.8 Å². The number of hydrogen-bond acceptors (Lipinski definition) is 7. The fourth-order valence-electron chi connectivity index (χ4n) is 3.18. The number of methoxy groups -OCH3 is 3. The molecule has 0 unspecified atom stereocenters. The summed E-state index contributed by atoms with van der Waals surface area (Å²) in [5.74, 6) is 1.23. The number of aromatic nitrogens is 1. The fraction of sp³-hybridized carbons (Fsp3) is 0.238. The maximum atomic E-state index is 13.3. The predicted octanol–water partition coefficient (Wildman–Crippen LogP) is 4.83. The van der Waals surface area contributed by atoms with Gasteiger partial charge in [0.15, 0.2) is 17.3 Å². The number of benzene rings is 2. The Kier molecular flexibility index (Phi) is 6.24. The van der Waals surface area contributed by atoms with Gasteiger partial charge >= 0.3 is 0 Å². The Bertz CT molecular complexity index is 1130. The number of carbonyl (C=O) groups is 1. The second kappa shape index (κ2) is 9.02. The van der Waals surface area contributed by atoms with E-state index in [1.54, 1.807) is 24.3 Å². The van der Waals surface area contributed by atoms with Crippen LogP contribution in [-0.4, -0.2) is 38.7 Å². The van der Waals surface area contributed by atoms with Crippen LogP contribution in [0.3, 0.4) is 0 Å². The third-order valence-corrected chi connectivity index (χ3v) is 4.49. The first-order valence-electron chi connectivity index (χ1n) is 9.02. The monoisotopic (exact) mass is 408 g/mol. The Morgan fingerprint density at radius 3 is 2.30 bits per heavy atom. The van der Waals surface area contributed by atoms with E-state index in [1.165, 1.54) is 33.7 Å². The minimum absolute atomic E-state index is 0.281. The number of fused-ring (bicyclic) bond motifs is 1. The first-order valence-corrected chi connectivity index (χ1v) is 9.02. The quantitative estimate of drug-likeness (QED) is 0.228. The normalized spacial score (nSPS) is 10.3. The Hall–Kier alpha value is -3.97. The van der Waals surface area contributed by atoms with Gasteiger partial charge in [0.25, 0.3) is 0 Å². The summed E-state index contributed by atoms with van der Waals surface area (Å²) in [6, 6.07) is 6.56. The molecule has 9 nitrogen and oxygen atoms in total. The number of ketones is 1. The SMILES string of the molecule is CCOc1ccc2c(C(=O)c3cc(OC)c(OC)c(OC)c3)cncc2c1N=[N+]=[N-]. The van der Waals surface area contributed by atoms with E-state index in [1.807, 2.05) is 6.92 Å². The molecule has 0 saturated heterocycles. The third kappa shape index (κ3) is 3.66. The molecule has 0 aliphatic carbocycles. The lowest BCUT2D eigenvalue weighted by Crippen LogP contribution is -2.05. The number of azide groups is 1. The maximum Gasteiger partial charge on any atom is 0.203 e. The van der Waals surface area contributed by atoms with E-state index >= 15 is 0 Å². The molecule has 154 valence electrons. The molecule has 0 amide bonds. The highest BCUT2D eigenvalue weighted by Crippen LogP contribution is 2.40. The number of hydrogen-bond donors (Lipinski definition) is 0. The predicted molar refractivity (Wildman–Crippen MR) is 111 cm³/mol. The van der Waals surface area contributed by atoms with E-state index in [0.717, 1.165) is 0 Å². The average Bonchev–Trinajstić information content (AvgIpc) is 2.78. The molecule has 3 aromatic rings. The summed E-state index contributed by atoms with van der Waals surface area (Å²) in [6.45, 7) is 2.23. The van der Waals surface area contributed by atoms with Crippen molar-refractivity contribution in [3.8, 4) is 23.0 Å². The van der Waals surface area contributed by atoms with Crippen LogP contribution in [0, 0.1) is 0 Å². The number of nitrogens with zero attached hydrogens (tertiary/aromatic N) is 4. The summed E-state index contributed by atoms with van der Waals surface area (Å²) in [5.41, 5.74) is 9.91. The van der Waals surface area contributed by atoms with E-state index < -0.39 is 0 Å². The van der Waals surface area contributed by atoms with Crippen LogP contribution < -0.4 is 18.9 Å². The van der Waals surface area contributed by atoms with Gasteiger partial charge in [0.1, 0.15) is 5.75 Å². The van der Waals surface area contributed by atoms with Crippen LogP contribution in [-0.2, 0) is 0 Å². The van der Waals surface area contributed by atoms with Gasteiger partial charge < -0.3 is 18.9 Å². The van der Waals surface area contributed by atoms with Crippen LogP contribution in [0.15, 0.2) is 41.8 Å². The lowest BCUT2D eigenvalue weighted by Gasteiger charge is -2.15. The molecule has 9 heteroatoms. The zero-order valence-corrected chi connectivity index (χ0v) is 17.0. The largest absolute Gasteiger partial charge is 0.493 e. The van der Waals surface area contributed by atoms with Crippen LogP contribution in [0.25, 0.3) is 21.2 Å². The third-order valence-electron chi connectivity index (χ3n) is 4.49. The Morgan fingerprint density at radius 2 is 1.73 bits per heavy atom. The summed E-state index contributed by atoms with van der Waals surface area (Å²) >= 11 is 0. The summed E-state index contributed by atoms with van der Waals surface area (Å²) in [4.78, 5) is 20.4. The van der Waals surface area contributed by atoms with Crippen LogP contribution >= 0.6 is 0 Å². The molecule has 0 radical (unpaired) electrons. The first kappa shape index (κ1) is 20.8. The lowest BCUT2D eigenvalue weighted by atomic mass is 9.98. The highest BCUT2D eigenvalue weighted by Gasteiger charge is 2.21. The highest BCUT2D eigenvalue weighted by atomic mass is 16.5. The molecule has 0 N–H and O–H groups in total. The number of rotatable bonds is 8. The number of pyridine rings is 1. The zero-order valence-electron chi connectivity index (χ0n) is 17.0. The van der Waals surface area contributed by atoms with Crippen LogP contribution in [0.2, 0.25) is 0 Å². The van der Waals surface area contributed by atoms with Crippen molar-refractivity contribution < 1.29 is 23.7 Å². The lowest BCUT2D eigenvalue weighted by molar-refractivity contribution is 0.103. The maximum absolute atomic E-state index is 13.3. The molecule has 0 aliphatic heterocycles. The Balaban J connectivity index is 2.21. The molecule has 0 bridgehead atoms. The molecule has 30 heavy (non-hydrogen) atoms. The second-order valence-corrected chi connectivity index (χ2v) is 6.06. The van der Waals surface area contributed by atoms with Gasteiger partial charge in [-0.1, -0.05) is 5.11 Å². The van der Waals surface area contributed by atoms with Gasteiger partial charge in [0.2, 0.25) is 5.75 Å². The topological polar surface area (TPSA) is 116 Å². The van der Waals surface area contributed by atoms with E-state index in [2.05, 4.69) is 15.0 Å². The number of ether oxygens (including phenoxy) is 4. The smallest absolute Gasteiger partial charge is 0.203 e. The minimum atomic E-state index is -0.302. The molecule has 3 rings (SSSR count). The highest BCUT2D eigenvalue weighted by molar-refractivity contribution is 6.18. The van der Waals surface area contributed by atoms with Crippen molar-refractivity contribution in [2.75, 3.05) is 27.9 Å². The average molecular weight is 408 g/mol. The van der Waals surface area contributed by atoms with E-state index in [9.17, 15) is 4.79 Å². The summed E-state index contributed by atoms with van der Waals surface area (Å²) in [6.07, 6.45) is 3.00. The molecule has 0 fully saturated rings. The van der Waals surface area contributed by atoms with Gasteiger partial charge in [-0.15, -0.1) is 0 Å². The Labute approximate surface area is 172 Å². The van der Waals surface area contributed by atoms with Crippen molar-refractivity contribution in [3.05, 3.63) is 58.2 Å². The molecule has 0 saturated carbocycles. The van der Waals surface area contributed by atoms with Gasteiger partial charge in [0, 0.05) is 33.8 Å². The summed E-state index contributed by atoms with van der Waals surface area (Å²) in [5, 5.41) is 4.84. The van der Waals surface area contributed by atoms with Gasteiger partial charge in [-0.2, -0.15) is 0 Å². The second-order valence-electron chi connectivity index (χ2n) is 6.06. The van der Waals surface area contributed by atoms with Crippen molar-refractivity contribution in [2.24, 2.45) is 5.11 Å². The van der Waals surface area contributed by atoms with E-state index in [0.29, 0.717) is 51.5 Å². The van der Waals surface area contributed by atoms with E-state index in [4.69, 9.17) is 24.5 Å². The van der Waals surface area contributed by atoms with Gasteiger partial charge in [-0.25, -0.2) is 0 Å². The molecule has 0 spiro atoms. The van der Waals surface area contributed by atoms with Crippen molar-refractivity contribution in [2.45, 2.75) is 6.92 Å². The molecular formula is C21H20N4O5. The molecule has 0 aliphatic rings. The summed E-state index contributed by atoms with van der Waals surface area (Å²) < 4.78 is 21.5. The van der Waals surface area contributed by atoms with Crippen molar-refractivity contribution in [1.82, 2.24) is 4.98 Å². The Morgan fingerprint density at radius 1 is 1.03 bits per heavy atom. The molecular weight excluding hydrogens is 388 g/mol. The van der Waals surface area contributed by atoms with Crippen molar-refractivity contribution in [3.63, 3.8) is 0 Å². The van der Waals surface area contributed by atoms with Crippen LogP contribution in [0.5, 0.6) is 23.0 Å². The zero-order chi connectivity index (χ0) is 21.7. The molecule has 0 atom stereocenters. The molecule has 2 aromatic carbocycles. The standard InChI is InChI=1S/C21H20N4O5/c1-5-30-16-7-6-13-14(19(16)24-25-22)10-23-11-15(13)20(26)12-8-17(27-2)21(29-4)18(9-12)28-3/h6-11H,5H2,1-4H3. The van der Waals surface area contributed by atoms with E-state index in [-0.39, 0.29) is 11.5 Å².